The predicted octanol–water partition coefficient (Wildman–Crippen LogP) is 6.29. The zero-order chi connectivity index (χ0) is 27.1. The average molecular weight is 524 g/mol. The van der Waals surface area contributed by atoms with Gasteiger partial charge in [-0.1, -0.05) is 54.8 Å². The fraction of sp³-hybridized carbons (Fsp3) is 0.600. The van der Waals surface area contributed by atoms with Crippen LogP contribution >= 0.6 is 0 Å². The Balaban J connectivity index is 1.57. The van der Waals surface area contributed by atoms with E-state index in [2.05, 4.69) is 17.3 Å². The molecule has 1 saturated heterocycles. The summed E-state index contributed by atoms with van der Waals surface area (Å²) in [4.78, 5) is 32.6. The van der Waals surface area contributed by atoms with Gasteiger partial charge in [-0.25, -0.2) is 9.59 Å². The molecular weight excluding hydrogens is 482 g/mol. The van der Waals surface area contributed by atoms with E-state index >= 15 is 0 Å². The summed E-state index contributed by atoms with van der Waals surface area (Å²) in [6.45, 7) is 8.27. The number of amides is 1. The molecule has 1 aliphatic carbocycles. The Labute approximate surface area is 225 Å². The summed E-state index contributed by atoms with van der Waals surface area (Å²) in [5, 5.41) is 4.29. The van der Waals surface area contributed by atoms with E-state index in [1.54, 1.807) is 11.8 Å². The minimum atomic E-state index is -0.738. The number of ether oxygens (including phenoxy) is 2. The molecule has 0 spiro atoms. The Morgan fingerprint density at radius 1 is 1.11 bits per heavy atom. The number of esters is 1. The van der Waals surface area contributed by atoms with E-state index in [0.29, 0.717) is 23.9 Å². The molecule has 1 saturated carbocycles. The standard InChI is InChI=1S/C30H41N3O5/c1-5-36-28(34)25(31-27(21-13-8-6-9-14-21)22-15-10-7-11-16-22)20-23-19-24(32-38-23)26-17-12-18-33(26)29(35)37-30(2,3)4/h6,8-9,13-14,19,22,25-26H,5,7,10-12,15-18,20H2,1-4H3/t25?,26-/m0/s1. The smallest absolute Gasteiger partial charge is 0.410 e. The molecule has 2 aliphatic rings. The lowest BCUT2D eigenvalue weighted by Gasteiger charge is -2.27. The zero-order valence-electron chi connectivity index (χ0n) is 23.2. The lowest BCUT2D eigenvalue weighted by atomic mass is 9.83. The molecule has 1 aromatic heterocycles. The molecule has 8 nitrogen and oxygen atoms in total. The van der Waals surface area contributed by atoms with Gasteiger partial charge in [-0.2, -0.15) is 0 Å². The van der Waals surface area contributed by atoms with Gasteiger partial charge in [0.25, 0.3) is 0 Å². The van der Waals surface area contributed by atoms with Crippen LogP contribution in [0.25, 0.3) is 0 Å². The largest absolute Gasteiger partial charge is 0.464 e. The Kier molecular flexibility index (Phi) is 9.23. The van der Waals surface area contributed by atoms with E-state index in [0.717, 1.165) is 37.0 Å². The number of carbonyl (C=O) groups excluding carboxylic acids is 2. The molecule has 38 heavy (non-hydrogen) atoms. The van der Waals surface area contributed by atoms with Crippen molar-refractivity contribution in [3.63, 3.8) is 0 Å². The minimum Gasteiger partial charge on any atom is -0.464 e. The summed E-state index contributed by atoms with van der Waals surface area (Å²) in [5.41, 5.74) is 2.12. The summed E-state index contributed by atoms with van der Waals surface area (Å²) >= 11 is 0. The quantitative estimate of drug-likeness (QED) is 0.298. The molecule has 0 bridgehead atoms. The molecule has 2 fully saturated rings. The van der Waals surface area contributed by atoms with Crippen LogP contribution in [0.2, 0.25) is 0 Å². The first-order valence-corrected chi connectivity index (χ1v) is 14.0. The molecule has 2 heterocycles. The van der Waals surface area contributed by atoms with Crippen LogP contribution in [0.1, 0.15) is 95.7 Å². The third-order valence-corrected chi connectivity index (χ3v) is 7.11. The van der Waals surface area contributed by atoms with Gasteiger partial charge in [0, 0.05) is 30.7 Å². The number of carbonyl (C=O) groups is 2. The Bertz CT molecular complexity index is 1100. The fourth-order valence-electron chi connectivity index (χ4n) is 5.37. The number of benzene rings is 1. The predicted molar refractivity (Wildman–Crippen MR) is 145 cm³/mol. The molecule has 1 unspecified atom stereocenters. The number of aliphatic imine (C=N–C) groups is 1. The lowest BCUT2D eigenvalue weighted by molar-refractivity contribution is -0.144. The van der Waals surface area contributed by atoms with Crippen molar-refractivity contribution in [3.8, 4) is 0 Å². The molecular formula is C30H41N3O5. The highest BCUT2D eigenvalue weighted by molar-refractivity contribution is 6.03. The number of hydrogen-bond donors (Lipinski definition) is 0. The van der Waals surface area contributed by atoms with Gasteiger partial charge in [0.05, 0.1) is 12.6 Å². The van der Waals surface area contributed by atoms with Crippen molar-refractivity contribution in [2.45, 2.75) is 96.7 Å². The third kappa shape index (κ3) is 7.23. The first-order valence-electron chi connectivity index (χ1n) is 14.0. The van der Waals surface area contributed by atoms with E-state index < -0.39 is 11.6 Å². The van der Waals surface area contributed by atoms with E-state index in [4.69, 9.17) is 19.0 Å². The van der Waals surface area contributed by atoms with E-state index in [1.807, 2.05) is 45.0 Å². The number of likely N-dealkylation sites (tertiary alicyclic amines) is 1. The van der Waals surface area contributed by atoms with Gasteiger partial charge in [-0.15, -0.1) is 0 Å². The average Bonchev–Trinajstić information content (AvgIpc) is 3.56. The van der Waals surface area contributed by atoms with Crippen LogP contribution in [-0.2, 0) is 20.7 Å². The Morgan fingerprint density at radius 3 is 2.53 bits per heavy atom. The van der Waals surface area contributed by atoms with Crippen molar-refractivity contribution in [1.29, 1.82) is 0 Å². The molecule has 1 aliphatic heterocycles. The van der Waals surface area contributed by atoms with Gasteiger partial charge in [0.2, 0.25) is 0 Å². The summed E-state index contributed by atoms with van der Waals surface area (Å²) < 4.78 is 16.7. The highest BCUT2D eigenvalue weighted by Gasteiger charge is 2.35. The number of rotatable bonds is 8. The molecule has 2 atom stereocenters. The topological polar surface area (TPSA) is 94.2 Å². The fourth-order valence-corrected chi connectivity index (χ4v) is 5.37. The third-order valence-electron chi connectivity index (χ3n) is 7.11. The second-order valence-corrected chi connectivity index (χ2v) is 11.2. The lowest BCUT2D eigenvalue weighted by Crippen LogP contribution is -2.36. The van der Waals surface area contributed by atoms with Crippen LogP contribution < -0.4 is 0 Å². The van der Waals surface area contributed by atoms with Crippen molar-refractivity contribution in [2.75, 3.05) is 13.2 Å². The molecule has 2 aromatic rings. The van der Waals surface area contributed by atoms with Crippen molar-refractivity contribution >= 4 is 17.8 Å². The second-order valence-electron chi connectivity index (χ2n) is 11.2. The Hall–Kier alpha value is -3.16. The molecule has 1 aromatic carbocycles. The van der Waals surface area contributed by atoms with Crippen LogP contribution in [0.5, 0.6) is 0 Å². The molecule has 0 radical (unpaired) electrons. The van der Waals surface area contributed by atoms with Crippen LogP contribution in [0, 0.1) is 5.92 Å². The van der Waals surface area contributed by atoms with Crippen LogP contribution in [0.3, 0.4) is 0 Å². The van der Waals surface area contributed by atoms with E-state index in [9.17, 15) is 9.59 Å². The molecule has 4 rings (SSSR count). The van der Waals surface area contributed by atoms with Gasteiger partial charge in [0.15, 0.2) is 6.04 Å². The summed E-state index contributed by atoms with van der Waals surface area (Å²) in [5.74, 6) is 0.495. The van der Waals surface area contributed by atoms with Gasteiger partial charge in [-0.3, -0.25) is 9.89 Å². The second kappa shape index (κ2) is 12.6. The maximum absolute atomic E-state index is 13.1. The highest BCUT2D eigenvalue weighted by Crippen LogP contribution is 2.33. The van der Waals surface area contributed by atoms with Crippen molar-refractivity contribution in [1.82, 2.24) is 10.1 Å². The van der Waals surface area contributed by atoms with Crippen molar-refractivity contribution in [2.24, 2.45) is 10.9 Å². The normalized spacial score (nSPS) is 19.8. The van der Waals surface area contributed by atoms with Crippen molar-refractivity contribution in [3.05, 3.63) is 53.4 Å². The first kappa shape index (κ1) is 27.9. The van der Waals surface area contributed by atoms with E-state index in [1.165, 1.54) is 19.3 Å². The zero-order valence-corrected chi connectivity index (χ0v) is 23.2. The maximum atomic E-state index is 13.1. The van der Waals surface area contributed by atoms with Gasteiger partial charge in [-0.05, 0) is 58.9 Å². The molecule has 0 N–H and O–H groups in total. The molecule has 8 heteroatoms. The number of nitrogens with zero attached hydrogens (tertiary/aromatic N) is 3. The first-order chi connectivity index (χ1) is 18.2. The number of hydrogen-bond acceptors (Lipinski definition) is 7. The van der Waals surface area contributed by atoms with Gasteiger partial charge >= 0.3 is 12.1 Å². The highest BCUT2D eigenvalue weighted by atomic mass is 16.6. The molecule has 1 amide bonds. The number of aromatic nitrogens is 1. The van der Waals surface area contributed by atoms with Gasteiger partial charge in [0.1, 0.15) is 17.1 Å². The SMILES string of the molecule is CCOC(=O)C(Cc1cc([C@@H]2CCCN2C(=O)OC(C)(C)C)no1)N=C(c1ccccc1)C1CCCCC1. The van der Waals surface area contributed by atoms with Crippen molar-refractivity contribution < 1.29 is 23.6 Å². The Morgan fingerprint density at radius 2 is 1.84 bits per heavy atom. The monoisotopic (exact) mass is 523 g/mol. The molecule has 206 valence electrons. The van der Waals surface area contributed by atoms with Crippen LogP contribution in [0.15, 0.2) is 45.9 Å². The summed E-state index contributed by atoms with van der Waals surface area (Å²) in [7, 11) is 0. The van der Waals surface area contributed by atoms with E-state index in [-0.39, 0.29) is 31.1 Å². The summed E-state index contributed by atoms with van der Waals surface area (Å²) in [6.07, 6.45) is 7.25. The van der Waals surface area contributed by atoms with Crippen LogP contribution in [0.4, 0.5) is 4.79 Å². The van der Waals surface area contributed by atoms with Crippen LogP contribution in [-0.4, -0.2) is 52.6 Å². The van der Waals surface area contributed by atoms with Gasteiger partial charge < -0.3 is 14.0 Å². The summed E-state index contributed by atoms with van der Waals surface area (Å²) in [6, 6.07) is 11.0. The minimum absolute atomic E-state index is 0.214. The maximum Gasteiger partial charge on any atom is 0.410 e.